The SMILES string of the molecule is CC(C)(C)NS(=O)(=O)NCCn1cc(N)cn1. The number of anilines is 1. The number of hydrogen-bond donors (Lipinski definition) is 3. The Balaban J connectivity index is 2.41. The van der Waals surface area contributed by atoms with Gasteiger partial charge >= 0.3 is 0 Å². The molecule has 1 aromatic heterocycles. The number of nitrogens with zero attached hydrogens (tertiary/aromatic N) is 2. The van der Waals surface area contributed by atoms with E-state index in [4.69, 9.17) is 5.73 Å². The van der Waals surface area contributed by atoms with E-state index in [-0.39, 0.29) is 6.54 Å². The molecule has 0 bridgehead atoms. The van der Waals surface area contributed by atoms with Crippen molar-refractivity contribution in [1.82, 2.24) is 19.2 Å². The normalized spacial score (nSPS) is 12.9. The van der Waals surface area contributed by atoms with Crippen LogP contribution in [0.4, 0.5) is 5.69 Å². The Bertz CT molecular complexity index is 460. The average molecular weight is 261 g/mol. The maximum atomic E-state index is 11.6. The van der Waals surface area contributed by atoms with Crippen molar-refractivity contribution in [3.63, 3.8) is 0 Å². The van der Waals surface area contributed by atoms with Gasteiger partial charge in [0.2, 0.25) is 0 Å². The van der Waals surface area contributed by atoms with Crippen molar-refractivity contribution in [2.24, 2.45) is 0 Å². The van der Waals surface area contributed by atoms with Crippen LogP contribution in [0.1, 0.15) is 20.8 Å². The summed E-state index contributed by atoms with van der Waals surface area (Å²) in [5.41, 5.74) is 5.54. The topological polar surface area (TPSA) is 102 Å². The van der Waals surface area contributed by atoms with Crippen LogP contribution in [0.25, 0.3) is 0 Å². The van der Waals surface area contributed by atoms with Gasteiger partial charge in [-0.05, 0) is 20.8 Å². The molecule has 0 aliphatic rings. The van der Waals surface area contributed by atoms with Crippen molar-refractivity contribution in [1.29, 1.82) is 0 Å². The second-order valence-electron chi connectivity index (χ2n) is 4.79. The number of nitrogens with two attached hydrogens (primary N) is 1. The zero-order chi connectivity index (χ0) is 13.1. The molecule has 0 unspecified atom stereocenters. The molecule has 0 spiro atoms. The zero-order valence-electron chi connectivity index (χ0n) is 10.3. The van der Waals surface area contributed by atoms with Gasteiger partial charge in [0.1, 0.15) is 0 Å². The predicted molar refractivity (Wildman–Crippen MR) is 66.5 cm³/mol. The lowest BCUT2D eigenvalue weighted by Crippen LogP contribution is -2.47. The molecule has 0 saturated heterocycles. The minimum Gasteiger partial charge on any atom is -0.396 e. The van der Waals surface area contributed by atoms with Crippen LogP contribution in [0.2, 0.25) is 0 Å². The van der Waals surface area contributed by atoms with Crippen LogP contribution in [-0.4, -0.2) is 30.3 Å². The van der Waals surface area contributed by atoms with Crippen LogP contribution in [0.15, 0.2) is 12.4 Å². The Morgan fingerprint density at radius 2 is 2.12 bits per heavy atom. The third-order valence-corrected chi connectivity index (χ3v) is 3.19. The number of nitrogen functional groups attached to an aromatic ring is 1. The summed E-state index contributed by atoms with van der Waals surface area (Å²) in [6.45, 7) is 6.02. The average Bonchev–Trinajstić information content (AvgIpc) is 2.46. The molecule has 0 amide bonds. The summed E-state index contributed by atoms with van der Waals surface area (Å²) in [7, 11) is -3.47. The molecule has 0 fully saturated rings. The lowest BCUT2D eigenvalue weighted by molar-refractivity contribution is 0.480. The fraction of sp³-hybridized carbons (Fsp3) is 0.667. The van der Waals surface area contributed by atoms with Crippen LogP contribution < -0.4 is 15.2 Å². The smallest absolute Gasteiger partial charge is 0.277 e. The number of aromatic nitrogens is 2. The van der Waals surface area contributed by atoms with Crippen LogP contribution in [0.3, 0.4) is 0 Å². The van der Waals surface area contributed by atoms with Gasteiger partial charge in [-0.1, -0.05) is 0 Å². The molecule has 0 saturated carbocycles. The number of hydrogen-bond acceptors (Lipinski definition) is 4. The fourth-order valence-corrected chi connectivity index (χ4v) is 2.47. The third kappa shape index (κ3) is 5.66. The summed E-state index contributed by atoms with van der Waals surface area (Å²) < 4.78 is 29.6. The highest BCUT2D eigenvalue weighted by Crippen LogP contribution is 2.00. The predicted octanol–water partition coefficient (Wildman–Crippen LogP) is -0.312. The Labute approximate surface area is 102 Å². The largest absolute Gasteiger partial charge is 0.396 e. The molecule has 0 aromatic carbocycles. The third-order valence-electron chi connectivity index (χ3n) is 1.73. The van der Waals surface area contributed by atoms with E-state index < -0.39 is 15.7 Å². The molecule has 0 aliphatic heterocycles. The van der Waals surface area contributed by atoms with E-state index in [1.807, 2.05) is 0 Å². The van der Waals surface area contributed by atoms with E-state index in [1.54, 1.807) is 31.6 Å². The first-order valence-electron chi connectivity index (χ1n) is 5.24. The molecule has 1 aromatic rings. The maximum Gasteiger partial charge on any atom is 0.277 e. The standard InChI is InChI=1S/C9H19N5O2S/c1-9(2,3)13-17(15,16)12-4-5-14-7-8(10)6-11-14/h6-7,12-13H,4-5,10H2,1-3H3. The highest BCUT2D eigenvalue weighted by molar-refractivity contribution is 7.87. The molecular formula is C9H19N5O2S. The van der Waals surface area contributed by atoms with E-state index in [0.717, 1.165) is 0 Å². The van der Waals surface area contributed by atoms with Crippen LogP contribution in [0, 0.1) is 0 Å². The van der Waals surface area contributed by atoms with Crippen molar-refractivity contribution >= 4 is 15.9 Å². The van der Waals surface area contributed by atoms with Crippen molar-refractivity contribution in [2.75, 3.05) is 12.3 Å². The molecule has 4 N–H and O–H groups in total. The van der Waals surface area contributed by atoms with Crippen molar-refractivity contribution < 1.29 is 8.42 Å². The monoisotopic (exact) mass is 261 g/mol. The molecule has 8 heteroatoms. The maximum absolute atomic E-state index is 11.6. The molecule has 0 radical (unpaired) electrons. The van der Waals surface area contributed by atoms with Gasteiger partial charge in [-0.3, -0.25) is 4.68 Å². The molecular weight excluding hydrogens is 242 g/mol. The van der Waals surface area contributed by atoms with Gasteiger partial charge in [0.15, 0.2) is 0 Å². The minimum absolute atomic E-state index is 0.256. The van der Waals surface area contributed by atoms with Gasteiger partial charge in [0.25, 0.3) is 10.2 Å². The first-order valence-corrected chi connectivity index (χ1v) is 6.73. The van der Waals surface area contributed by atoms with Crippen molar-refractivity contribution in [3.8, 4) is 0 Å². The highest BCUT2D eigenvalue weighted by atomic mass is 32.2. The quantitative estimate of drug-likeness (QED) is 0.676. The Kier molecular flexibility index (Phi) is 4.12. The van der Waals surface area contributed by atoms with Crippen LogP contribution in [0.5, 0.6) is 0 Å². The Hall–Kier alpha value is -1.12. The number of rotatable bonds is 5. The lowest BCUT2D eigenvalue weighted by atomic mass is 10.1. The summed E-state index contributed by atoms with van der Waals surface area (Å²) >= 11 is 0. The Morgan fingerprint density at radius 3 is 2.59 bits per heavy atom. The molecule has 1 rings (SSSR count). The van der Waals surface area contributed by atoms with E-state index >= 15 is 0 Å². The minimum atomic E-state index is -3.47. The second kappa shape index (κ2) is 5.03. The van der Waals surface area contributed by atoms with Crippen LogP contribution in [-0.2, 0) is 16.8 Å². The first-order chi connectivity index (χ1) is 7.68. The van der Waals surface area contributed by atoms with Gasteiger partial charge in [0.05, 0.1) is 18.4 Å². The fourth-order valence-electron chi connectivity index (χ4n) is 1.24. The van der Waals surface area contributed by atoms with E-state index in [1.165, 1.54) is 6.20 Å². The van der Waals surface area contributed by atoms with Gasteiger partial charge in [-0.2, -0.15) is 18.2 Å². The molecule has 17 heavy (non-hydrogen) atoms. The number of nitrogens with one attached hydrogen (secondary N) is 2. The van der Waals surface area contributed by atoms with Gasteiger partial charge in [-0.15, -0.1) is 0 Å². The molecule has 98 valence electrons. The Morgan fingerprint density at radius 1 is 1.47 bits per heavy atom. The summed E-state index contributed by atoms with van der Waals surface area (Å²) in [6.07, 6.45) is 3.16. The van der Waals surface area contributed by atoms with E-state index in [9.17, 15) is 8.42 Å². The van der Waals surface area contributed by atoms with Gasteiger partial charge in [0, 0.05) is 18.3 Å². The molecule has 0 atom stereocenters. The zero-order valence-corrected chi connectivity index (χ0v) is 11.1. The summed E-state index contributed by atoms with van der Waals surface area (Å²) in [5.74, 6) is 0. The van der Waals surface area contributed by atoms with Gasteiger partial charge in [-0.25, -0.2) is 4.72 Å². The molecule has 1 heterocycles. The lowest BCUT2D eigenvalue weighted by Gasteiger charge is -2.20. The van der Waals surface area contributed by atoms with Gasteiger partial charge < -0.3 is 5.73 Å². The highest BCUT2D eigenvalue weighted by Gasteiger charge is 2.18. The first kappa shape index (κ1) is 13.9. The van der Waals surface area contributed by atoms with Crippen molar-refractivity contribution in [3.05, 3.63) is 12.4 Å². The van der Waals surface area contributed by atoms with E-state index in [2.05, 4.69) is 14.5 Å². The van der Waals surface area contributed by atoms with E-state index in [0.29, 0.717) is 12.2 Å². The molecule has 7 nitrogen and oxygen atoms in total. The summed E-state index contributed by atoms with van der Waals surface area (Å²) in [6, 6.07) is 0. The molecule has 0 aliphatic carbocycles. The summed E-state index contributed by atoms with van der Waals surface area (Å²) in [4.78, 5) is 0. The van der Waals surface area contributed by atoms with Crippen molar-refractivity contribution in [2.45, 2.75) is 32.9 Å². The second-order valence-corrected chi connectivity index (χ2v) is 6.29. The van der Waals surface area contributed by atoms with Crippen LogP contribution >= 0.6 is 0 Å². The summed E-state index contributed by atoms with van der Waals surface area (Å²) in [5, 5.41) is 3.95.